The van der Waals surface area contributed by atoms with Crippen LogP contribution in [0.25, 0.3) is 22.2 Å². The first kappa shape index (κ1) is 14.7. The minimum Gasteiger partial charge on any atom is -0.469 e. The van der Waals surface area contributed by atoms with Gasteiger partial charge in [0.05, 0.1) is 17.5 Å². The van der Waals surface area contributed by atoms with E-state index in [1.165, 1.54) is 17.6 Å². The molecule has 0 aliphatic heterocycles. The van der Waals surface area contributed by atoms with Crippen molar-refractivity contribution in [1.29, 1.82) is 0 Å². The molecule has 0 aliphatic rings. The van der Waals surface area contributed by atoms with Gasteiger partial charge in [0.15, 0.2) is 5.13 Å². The third kappa shape index (κ3) is 2.41. The lowest BCUT2D eigenvalue weighted by atomic mass is 10.1. The highest BCUT2D eigenvalue weighted by Gasteiger charge is 2.16. The molecule has 3 heterocycles. The average molecular weight is 337 g/mol. The zero-order chi connectivity index (χ0) is 16.7. The molecule has 0 spiro atoms. The molecular formula is C18H15N3O2S. The fourth-order valence-corrected chi connectivity index (χ4v) is 3.53. The average Bonchev–Trinajstić information content (AvgIpc) is 3.25. The number of nitrogens with zero attached hydrogens (tertiary/aromatic N) is 1. The van der Waals surface area contributed by atoms with Gasteiger partial charge in [-0.1, -0.05) is 18.2 Å². The Bertz CT molecular complexity index is 1040. The molecule has 4 aromatic rings. The topological polar surface area (TPSA) is 70.9 Å². The van der Waals surface area contributed by atoms with Crippen LogP contribution in [0.4, 0.5) is 5.13 Å². The van der Waals surface area contributed by atoms with Gasteiger partial charge in [-0.15, -0.1) is 11.3 Å². The van der Waals surface area contributed by atoms with Crippen molar-refractivity contribution in [3.05, 3.63) is 59.0 Å². The van der Waals surface area contributed by atoms with E-state index in [0.29, 0.717) is 16.5 Å². The summed E-state index contributed by atoms with van der Waals surface area (Å²) >= 11 is 1.41. The number of aromatic nitrogens is 2. The number of thiazole rings is 1. The van der Waals surface area contributed by atoms with Crippen LogP contribution in [0.2, 0.25) is 0 Å². The lowest BCUT2D eigenvalue weighted by molar-refractivity contribution is 0.102. The minimum absolute atomic E-state index is 0.210. The second kappa shape index (κ2) is 5.65. The van der Waals surface area contributed by atoms with E-state index in [0.717, 1.165) is 27.9 Å². The van der Waals surface area contributed by atoms with E-state index in [1.807, 2.05) is 30.5 Å². The molecule has 0 radical (unpaired) electrons. The van der Waals surface area contributed by atoms with Gasteiger partial charge in [-0.3, -0.25) is 10.1 Å². The van der Waals surface area contributed by atoms with Gasteiger partial charge in [0.2, 0.25) is 0 Å². The molecule has 0 saturated carbocycles. The Morgan fingerprint density at radius 2 is 2.08 bits per heavy atom. The van der Waals surface area contributed by atoms with Crippen LogP contribution in [0.15, 0.2) is 46.4 Å². The van der Waals surface area contributed by atoms with Crippen LogP contribution in [0.5, 0.6) is 0 Å². The van der Waals surface area contributed by atoms with Crippen molar-refractivity contribution in [1.82, 2.24) is 9.97 Å². The number of para-hydroxylation sites is 1. The SMILES string of the molecule is Cc1[nH]c2ccccc2c1-c1csc(NC(=O)c2ccoc2C)n1. The predicted octanol–water partition coefficient (Wildman–Crippen LogP) is 4.75. The third-order valence-electron chi connectivity index (χ3n) is 3.98. The first-order chi connectivity index (χ1) is 11.6. The van der Waals surface area contributed by atoms with Crippen LogP contribution in [-0.2, 0) is 0 Å². The van der Waals surface area contributed by atoms with Crippen LogP contribution in [-0.4, -0.2) is 15.9 Å². The summed E-state index contributed by atoms with van der Waals surface area (Å²) in [6.07, 6.45) is 1.51. The molecule has 0 bridgehead atoms. The van der Waals surface area contributed by atoms with E-state index in [-0.39, 0.29) is 5.91 Å². The molecule has 0 atom stereocenters. The van der Waals surface area contributed by atoms with Crippen molar-refractivity contribution >= 4 is 33.3 Å². The van der Waals surface area contributed by atoms with Crippen LogP contribution in [0, 0.1) is 13.8 Å². The number of H-pyrrole nitrogens is 1. The summed E-state index contributed by atoms with van der Waals surface area (Å²) in [5, 5.41) is 6.49. The standard InChI is InChI=1S/C18H15N3O2S/c1-10-16(13-5-3-4-6-14(13)19-10)15-9-24-18(20-15)21-17(22)12-7-8-23-11(12)2/h3-9,19H,1-2H3,(H,20,21,22). The maximum Gasteiger partial charge on any atom is 0.260 e. The quantitative estimate of drug-likeness (QED) is 0.566. The monoisotopic (exact) mass is 337 g/mol. The summed E-state index contributed by atoms with van der Waals surface area (Å²) in [7, 11) is 0. The fraction of sp³-hybridized carbons (Fsp3) is 0.111. The molecular weight excluding hydrogens is 322 g/mol. The van der Waals surface area contributed by atoms with Crippen molar-refractivity contribution in [3.8, 4) is 11.3 Å². The molecule has 0 saturated heterocycles. The van der Waals surface area contributed by atoms with Gasteiger partial charge >= 0.3 is 0 Å². The Kier molecular flexibility index (Phi) is 3.46. The summed E-state index contributed by atoms with van der Waals surface area (Å²) in [5.41, 5.74) is 4.59. The van der Waals surface area contributed by atoms with Crippen LogP contribution in [0.1, 0.15) is 21.8 Å². The highest BCUT2D eigenvalue weighted by atomic mass is 32.1. The molecule has 0 fully saturated rings. The summed E-state index contributed by atoms with van der Waals surface area (Å²) in [6, 6.07) is 9.78. The normalized spacial score (nSPS) is 11.1. The van der Waals surface area contributed by atoms with Gasteiger partial charge in [0.1, 0.15) is 5.76 Å². The van der Waals surface area contributed by atoms with Gasteiger partial charge in [-0.25, -0.2) is 4.98 Å². The number of aryl methyl sites for hydroxylation is 2. The highest BCUT2D eigenvalue weighted by molar-refractivity contribution is 7.14. The van der Waals surface area contributed by atoms with Gasteiger partial charge in [-0.2, -0.15) is 0 Å². The smallest absolute Gasteiger partial charge is 0.260 e. The van der Waals surface area contributed by atoms with E-state index in [4.69, 9.17) is 4.42 Å². The zero-order valence-electron chi connectivity index (χ0n) is 13.2. The van der Waals surface area contributed by atoms with E-state index in [9.17, 15) is 4.79 Å². The van der Waals surface area contributed by atoms with Gasteiger partial charge in [-0.05, 0) is 26.0 Å². The largest absolute Gasteiger partial charge is 0.469 e. The number of furan rings is 1. The molecule has 4 rings (SSSR count). The molecule has 6 heteroatoms. The van der Waals surface area contributed by atoms with Gasteiger partial charge in [0, 0.05) is 27.5 Å². The maximum absolute atomic E-state index is 12.3. The molecule has 0 aliphatic carbocycles. The Morgan fingerprint density at radius 3 is 2.88 bits per heavy atom. The van der Waals surface area contributed by atoms with Crippen LogP contribution >= 0.6 is 11.3 Å². The summed E-state index contributed by atoms with van der Waals surface area (Å²) in [6.45, 7) is 3.79. The molecule has 120 valence electrons. The van der Waals surface area contributed by atoms with E-state index in [1.54, 1.807) is 13.0 Å². The lowest BCUT2D eigenvalue weighted by Crippen LogP contribution is -2.11. The number of carbonyl (C=O) groups excluding carboxylic acids is 1. The molecule has 0 unspecified atom stereocenters. The first-order valence-electron chi connectivity index (χ1n) is 7.52. The molecule has 24 heavy (non-hydrogen) atoms. The van der Waals surface area contributed by atoms with E-state index >= 15 is 0 Å². The molecule has 3 aromatic heterocycles. The Labute approximate surface area is 142 Å². The Balaban J connectivity index is 1.66. The number of amides is 1. The number of carbonyl (C=O) groups is 1. The van der Waals surface area contributed by atoms with Crippen molar-refractivity contribution < 1.29 is 9.21 Å². The number of fused-ring (bicyclic) bond motifs is 1. The molecule has 1 aromatic carbocycles. The zero-order valence-corrected chi connectivity index (χ0v) is 14.0. The summed E-state index contributed by atoms with van der Waals surface area (Å²) < 4.78 is 5.17. The summed E-state index contributed by atoms with van der Waals surface area (Å²) in [4.78, 5) is 20.2. The third-order valence-corrected chi connectivity index (χ3v) is 4.74. The number of hydrogen-bond donors (Lipinski definition) is 2. The molecule has 2 N–H and O–H groups in total. The van der Waals surface area contributed by atoms with Crippen LogP contribution < -0.4 is 5.32 Å². The molecule has 5 nitrogen and oxygen atoms in total. The first-order valence-corrected chi connectivity index (χ1v) is 8.40. The van der Waals surface area contributed by atoms with Crippen molar-refractivity contribution in [2.75, 3.05) is 5.32 Å². The number of anilines is 1. The van der Waals surface area contributed by atoms with Crippen molar-refractivity contribution in [3.63, 3.8) is 0 Å². The fourth-order valence-electron chi connectivity index (χ4n) is 2.84. The second-order valence-electron chi connectivity index (χ2n) is 5.55. The Morgan fingerprint density at radius 1 is 1.25 bits per heavy atom. The van der Waals surface area contributed by atoms with Gasteiger partial charge < -0.3 is 9.40 Å². The number of hydrogen-bond acceptors (Lipinski definition) is 4. The maximum atomic E-state index is 12.3. The molecule has 1 amide bonds. The number of rotatable bonds is 3. The minimum atomic E-state index is -0.210. The van der Waals surface area contributed by atoms with Crippen molar-refractivity contribution in [2.24, 2.45) is 0 Å². The van der Waals surface area contributed by atoms with Gasteiger partial charge in [0.25, 0.3) is 5.91 Å². The number of benzene rings is 1. The number of aromatic amines is 1. The Hall–Kier alpha value is -2.86. The highest BCUT2D eigenvalue weighted by Crippen LogP contribution is 2.33. The number of nitrogens with one attached hydrogen (secondary N) is 2. The van der Waals surface area contributed by atoms with E-state index in [2.05, 4.69) is 21.4 Å². The van der Waals surface area contributed by atoms with Crippen LogP contribution in [0.3, 0.4) is 0 Å². The van der Waals surface area contributed by atoms with E-state index < -0.39 is 0 Å². The predicted molar refractivity (Wildman–Crippen MR) is 95.5 cm³/mol. The lowest BCUT2D eigenvalue weighted by Gasteiger charge is -2.00. The summed E-state index contributed by atoms with van der Waals surface area (Å²) in [5.74, 6) is 0.384. The van der Waals surface area contributed by atoms with Crippen molar-refractivity contribution in [2.45, 2.75) is 13.8 Å². The second-order valence-corrected chi connectivity index (χ2v) is 6.41.